The second-order valence-corrected chi connectivity index (χ2v) is 7.60. The Morgan fingerprint density at radius 2 is 1.90 bits per heavy atom. The van der Waals surface area contributed by atoms with Crippen LogP contribution in [-0.2, 0) is 17.6 Å². The smallest absolute Gasteiger partial charge is 0.224 e. The van der Waals surface area contributed by atoms with Crippen molar-refractivity contribution in [1.29, 1.82) is 0 Å². The molecule has 2 rings (SSSR count). The number of carbonyl (C=O) groups is 1. The van der Waals surface area contributed by atoms with Gasteiger partial charge >= 0.3 is 0 Å². The fraction of sp³-hybridized carbons (Fsp3) is 0.353. The Kier molecular flexibility index (Phi) is 6.46. The van der Waals surface area contributed by atoms with Gasteiger partial charge in [0, 0.05) is 17.0 Å². The molecule has 1 aromatic heterocycles. The van der Waals surface area contributed by atoms with Gasteiger partial charge in [-0.25, -0.2) is 0 Å². The summed E-state index contributed by atoms with van der Waals surface area (Å²) in [4.78, 5) is 13.2. The van der Waals surface area contributed by atoms with E-state index in [0.717, 1.165) is 35.2 Å². The van der Waals surface area contributed by atoms with Crippen molar-refractivity contribution in [2.45, 2.75) is 39.0 Å². The lowest BCUT2D eigenvalue weighted by Crippen LogP contribution is -2.11. The van der Waals surface area contributed by atoms with Gasteiger partial charge < -0.3 is 5.32 Å². The van der Waals surface area contributed by atoms with E-state index >= 15 is 0 Å². The average molecular weight is 366 g/mol. The summed E-state index contributed by atoms with van der Waals surface area (Å²) in [5, 5.41) is 2.96. The molecule has 1 N–H and O–H groups in total. The van der Waals surface area contributed by atoms with Crippen molar-refractivity contribution >= 4 is 38.9 Å². The van der Waals surface area contributed by atoms with Gasteiger partial charge in [-0.2, -0.15) is 0 Å². The maximum absolute atomic E-state index is 11.9. The number of carbonyl (C=O) groups excluding carboxylic acids is 1. The van der Waals surface area contributed by atoms with Crippen molar-refractivity contribution in [3.63, 3.8) is 0 Å². The van der Waals surface area contributed by atoms with E-state index in [1.807, 2.05) is 12.1 Å². The number of thiophene rings is 1. The maximum Gasteiger partial charge on any atom is 0.224 e. The minimum absolute atomic E-state index is 0.0915. The van der Waals surface area contributed by atoms with Gasteiger partial charge in [-0.1, -0.05) is 25.5 Å². The van der Waals surface area contributed by atoms with Gasteiger partial charge in [-0.3, -0.25) is 4.79 Å². The first-order valence-electron chi connectivity index (χ1n) is 7.30. The molecule has 0 saturated heterocycles. The quantitative estimate of drug-likeness (QED) is 0.696. The summed E-state index contributed by atoms with van der Waals surface area (Å²) < 4.78 is 1.15. The van der Waals surface area contributed by atoms with Gasteiger partial charge in [0.05, 0.1) is 3.79 Å². The van der Waals surface area contributed by atoms with E-state index < -0.39 is 0 Å². The molecule has 1 amide bonds. The lowest BCUT2D eigenvalue weighted by atomic mass is 10.1. The number of hydrogen-bond donors (Lipinski definition) is 1. The maximum atomic E-state index is 11.9. The van der Waals surface area contributed by atoms with Crippen LogP contribution in [0.2, 0.25) is 0 Å². The third-order valence-electron chi connectivity index (χ3n) is 3.23. The first kappa shape index (κ1) is 16.2. The normalized spacial score (nSPS) is 10.6. The van der Waals surface area contributed by atoms with E-state index in [2.05, 4.69) is 52.4 Å². The van der Waals surface area contributed by atoms with Crippen molar-refractivity contribution in [1.82, 2.24) is 0 Å². The van der Waals surface area contributed by atoms with Crippen LogP contribution in [0, 0.1) is 0 Å². The zero-order chi connectivity index (χ0) is 15.1. The van der Waals surface area contributed by atoms with Crippen LogP contribution >= 0.6 is 27.3 Å². The highest BCUT2D eigenvalue weighted by Gasteiger charge is 2.04. The summed E-state index contributed by atoms with van der Waals surface area (Å²) in [6.45, 7) is 2.17. The zero-order valence-corrected chi connectivity index (χ0v) is 14.6. The topological polar surface area (TPSA) is 29.1 Å². The Morgan fingerprint density at radius 1 is 1.14 bits per heavy atom. The molecule has 0 unspecified atom stereocenters. The largest absolute Gasteiger partial charge is 0.326 e. The molecule has 0 aliphatic rings. The summed E-state index contributed by atoms with van der Waals surface area (Å²) in [6, 6.07) is 12.3. The molecular weight excluding hydrogens is 346 g/mol. The Bertz CT molecular complexity index is 577. The molecule has 1 aromatic carbocycles. The molecule has 4 heteroatoms. The molecular formula is C17H20BrNOS. The molecule has 0 radical (unpaired) electrons. The predicted molar refractivity (Wildman–Crippen MR) is 94.0 cm³/mol. The zero-order valence-electron chi connectivity index (χ0n) is 12.2. The Hall–Kier alpha value is -1.13. The van der Waals surface area contributed by atoms with Gasteiger partial charge in [0.1, 0.15) is 0 Å². The van der Waals surface area contributed by atoms with E-state index in [-0.39, 0.29) is 5.91 Å². The first-order valence-corrected chi connectivity index (χ1v) is 8.91. The highest BCUT2D eigenvalue weighted by Crippen LogP contribution is 2.23. The number of anilines is 1. The molecule has 0 aliphatic heterocycles. The van der Waals surface area contributed by atoms with E-state index in [1.165, 1.54) is 10.4 Å². The molecule has 0 fully saturated rings. The molecule has 2 aromatic rings. The van der Waals surface area contributed by atoms with E-state index in [4.69, 9.17) is 0 Å². The molecule has 0 aliphatic carbocycles. The van der Waals surface area contributed by atoms with Crippen LogP contribution in [0.4, 0.5) is 5.69 Å². The van der Waals surface area contributed by atoms with Gasteiger partial charge in [0.2, 0.25) is 5.91 Å². The molecule has 0 bridgehead atoms. The minimum Gasteiger partial charge on any atom is -0.326 e. The third-order valence-corrected chi connectivity index (χ3v) is 4.92. The van der Waals surface area contributed by atoms with Crippen LogP contribution in [0.3, 0.4) is 0 Å². The van der Waals surface area contributed by atoms with Crippen molar-refractivity contribution in [3.8, 4) is 0 Å². The number of aryl methyl sites for hydroxylation is 2. The lowest BCUT2D eigenvalue weighted by molar-refractivity contribution is -0.116. The van der Waals surface area contributed by atoms with E-state index in [1.54, 1.807) is 11.3 Å². The number of amides is 1. The van der Waals surface area contributed by atoms with Crippen LogP contribution in [0.15, 0.2) is 40.2 Å². The number of hydrogen-bond acceptors (Lipinski definition) is 2. The minimum atomic E-state index is 0.0915. The van der Waals surface area contributed by atoms with Crippen molar-refractivity contribution < 1.29 is 4.79 Å². The number of benzene rings is 1. The van der Waals surface area contributed by atoms with Crippen LogP contribution in [0.1, 0.15) is 36.6 Å². The fourth-order valence-electron chi connectivity index (χ4n) is 2.18. The standard InChI is InChI=1S/C17H20BrNOS/c1-2-4-13-7-9-14(10-8-13)19-17(20)6-3-5-15-11-12-16(18)21-15/h7-12H,2-6H2,1H3,(H,19,20). The fourth-order valence-corrected chi connectivity index (χ4v) is 3.70. The third kappa shape index (κ3) is 5.64. The Labute approximate surface area is 138 Å². The van der Waals surface area contributed by atoms with Crippen LogP contribution in [0.25, 0.3) is 0 Å². The summed E-state index contributed by atoms with van der Waals surface area (Å²) in [6.07, 6.45) is 4.63. The number of rotatable bonds is 7. The van der Waals surface area contributed by atoms with Crippen LogP contribution < -0.4 is 5.32 Å². The molecule has 112 valence electrons. The van der Waals surface area contributed by atoms with E-state index in [9.17, 15) is 4.79 Å². The average Bonchev–Trinajstić information content (AvgIpc) is 2.87. The van der Waals surface area contributed by atoms with Gasteiger partial charge in [0.25, 0.3) is 0 Å². The highest BCUT2D eigenvalue weighted by molar-refractivity contribution is 9.11. The molecule has 2 nitrogen and oxygen atoms in total. The molecule has 0 atom stereocenters. The lowest BCUT2D eigenvalue weighted by Gasteiger charge is -2.06. The van der Waals surface area contributed by atoms with Gasteiger partial charge in [-0.05, 0) is 65.0 Å². The van der Waals surface area contributed by atoms with Crippen molar-refractivity contribution in [2.24, 2.45) is 0 Å². The Morgan fingerprint density at radius 3 is 2.52 bits per heavy atom. The Balaban J connectivity index is 1.73. The van der Waals surface area contributed by atoms with E-state index in [0.29, 0.717) is 6.42 Å². The highest BCUT2D eigenvalue weighted by atomic mass is 79.9. The predicted octanol–water partition coefficient (Wildman–Crippen LogP) is 5.42. The summed E-state index contributed by atoms with van der Waals surface area (Å²) in [5.41, 5.74) is 2.21. The summed E-state index contributed by atoms with van der Waals surface area (Å²) >= 11 is 5.19. The first-order chi connectivity index (χ1) is 10.2. The van der Waals surface area contributed by atoms with Crippen molar-refractivity contribution in [3.05, 3.63) is 50.6 Å². The monoisotopic (exact) mass is 365 g/mol. The second-order valence-electron chi connectivity index (χ2n) is 5.05. The summed E-state index contributed by atoms with van der Waals surface area (Å²) in [7, 11) is 0. The van der Waals surface area contributed by atoms with Gasteiger partial charge in [0.15, 0.2) is 0 Å². The molecule has 21 heavy (non-hydrogen) atoms. The van der Waals surface area contributed by atoms with Crippen LogP contribution in [-0.4, -0.2) is 5.91 Å². The van der Waals surface area contributed by atoms with Crippen molar-refractivity contribution in [2.75, 3.05) is 5.32 Å². The second kappa shape index (κ2) is 8.35. The SMILES string of the molecule is CCCc1ccc(NC(=O)CCCc2ccc(Br)s2)cc1. The molecule has 0 saturated carbocycles. The van der Waals surface area contributed by atoms with Crippen LogP contribution in [0.5, 0.6) is 0 Å². The number of nitrogens with one attached hydrogen (secondary N) is 1. The summed E-state index contributed by atoms with van der Waals surface area (Å²) in [5.74, 6) is 0.0915. The van der Waals surface area contributed by atoms with Gasteiger partial charge in [-0.15, -0.1) is 11.3 Å². The molecule has 0 spiro atoms. The number of halogens is 1. The molecule has 1 heterocycles.